The van der Waals surface area contributed by atoms with Crippen LogP contribution in [0.3, 0.4) is 0 Å². The number of nitrogens with two attached hydrogens (primary N) is 1. The highest BCUT2D eigenvalue weighted by molar-refractivity contribution is 7.17. The Morgan fingerprint density at radius 1 is 1.30 bits per heavy atom. The van der Waals surface area contributed by atoms with Crippen molar-refractivity contribution in [3.63, 3.8) is 0 Å². The van der Waals surface area contributed by atoms with Crippen LogP contribution in [-0.4, -0.2) is 18.0 Å². The van der Waals surface area contributed by atoms with Crippen molar-refractivity contribution in [1.82, 2.24) is 5.32 Å². The molecule has 3 nitrogen and oxygen atoms in total. The maximum absolute atomic E-state index is 12.4. The van der Waals surface area contributed by atoms with E-state index in [1.54, 1.807) is 11.3 Å². The first-order valence-electron chi connectivity index (χ1n) is 6.72. The van der Waals surface area contributed by atoms with Gasteiger partial charge in [-0.25, -0.2) is 0 Å². The number of nitrogens with one attached hydrogen (secondary N) is 1. The molecule has 1 amide bonds. The van der Waals surface area contributed by atoms with Gasteiger partial charge < -0.3 is 11.1 Å². The minimum Gasteiger partial charge on any atom is -0.345 e. The highest BCUT2D eigenvalue weighted by atomic mass is 35.5. The summed E-state index contributed by atoms with van der Waals surface area (Å²) in [7, 11) is 0. The summed E-state index contributed by atoms with van der Waals surface area (Å²) in [4.78, 5) is 12.4. The van der Waals surface area contributed by atoms with Crippen LogP contribution in [0.2, 0.25) is 0 Å². The summed E-state index contributed by atoms with van der Waals surface area (Å²) in [5.41, 5.74) is 6.40. The zero-order valence-corrected chi connectivity index (χ0v) is 12.9. The lowest BCUT2D eigenvalue weighted by Crippen LogP contribution is -2.51. The molecule has 3 N–H and O–H groups in total. The van der Waals surface area contributed by atoms with Gasteiger partial charge in [0.05, 0.1) is 5.54 Å². The summed E-state index contributed by atoms with van der Waals surface area (Å²) in [6, 6.07) is 7.91. The van der Waals surface area contributed by atoms with E-state index in [4.69, 9.17) is 5.73 Å². The van der Waals surface area contributed by atoms with Crippen molar-refractivity contribution >= 4 is 39.7 Å². The summed E-state index contributed by atoms with van der Waals surface area (Å²) in [6.45, 7) is 0.527. The molecule has 1 aliphatic rings. The Bertz CT molecular complexity index is 605. The van der Waals surface area contributed by atoms with E-state index in [-0.39, 0.29) is 23.9 Å². The molecule has 108 valence electrons. The van der Waals surface area contributed by atoms with Gasteiger partial charge in [0.15, 0.2) is 0 Å². The number of hydrogen-bond donors (Lipinski definition) is 2. The molecule has 0 spiro atoms. The molecule has 1 saturated carbocycles. The fraction of sp³-hybridized carbons (Fsp3) is 0.400. The summed E-state index contributed by atoms with van der Waals surface area (Å²) in [6.07, 6.45) is 4.30. The molecule has 1 aliphatic carbocycles. The van der Waals surface area contributed by atoms with Gasteiger partial charge in [-0.05, 0) is 47.9 Å². The van der Waals surface area contributed by atoms with Crippen LogP contribution in [0.5, 0.6) is 0 Å². The van der Waals surface area contributed by atoms with E-state index < -0.39 is 0 Å². The second kappa shape index (κ2) is 6.12. The Hall–Kier alpha value is -1.10. The van der Waals surface area contributed by atoms with Crippen molar-refractivity contribution in [2.24, 2.45) is 5.73 Å². The third kappa shape index (κ3) is 2.82. The number of rotatable bonds is 3. The van der Waals surface area contributed by atoms with E-state index in [2.05, 4.69) is 5.32 Å². The third-order valence-corrected chi connectivity index (χ3v) is 4.94. The first-order chi connectivity index (χ1) is 9.22. The number of thiophene rings is 1. The van der Waals surface area contributed by atoms with E-state index in [1.807, 2.05) is 29.6 Å². The van der Waals surface area contributed by atoms with E-state index in [9.17, 15) is 4.79 Å². The van der Waals surface area contributed by atoms with E-state index in [0.717, 1.165) is 36.6 Å². The predicted molar refractivity (Wildman–Crippen MR) is 86.8 cm³/mol. The number of benzene rings is 1. The van der Waals surface area contributed by atoms with Gasteiger partial charge >= 0.3 is 0 Å². The van der Waals surface area contributed by atoms with Crippen molar-refractivity contribution in [3.8, 4) is 0 Å². The Kier molecular flexibility index (Phi) is 4.68. The zero-order valence-electron chi connectivity index (χ0n) is 11.2. The first kappa shape index (κ1) is 15.3. The molecule has 0 radical (unpaired) electrons. The second-order valence-electron chi connectivity index (χ2n) is 5.32. The molecule has 2 aromatic rings. The van der Waals surface area contributed by atoms with E-state index in [0.29, 0.717) is 6.54 Å². The number of hydrogen-bond acceptors (Lipinski definition) is 3. The lowest BCUT2D eigenvalue weighted by Gasteiger charge is -2.28. The number of carbonyl (C=O) groups excluding carboxylic acids is 1. The van der Waals surface area contributed by atoms with Gasteiger partial charge in [-0.3, -0.25) is 4.79 Å². The Morgan fingerprint density at radius 2 is 2.05 bits per heavy atom. The largest absolute Gasteiger partial charge is 0.345 e. The van der Waals surface area contributed by atoms with Crippen LogP contribution >= 0.6 is 23.7 Å². The molecule has 0 unspecified atom stereocenters. The summed E-state index contributed by atoms with van der Waals surface area (Å²) in [5.74, 6) is 0.000417. The third-order valence-electron chi connectivity index (χ3n) is 4.04. The normalized spacial score (nSPS) is 16.9. The smallest absolute Gasteiger partial charge is 0.251 e. The van der Waals surface area contributed by atoms with Gasteiger partial charge in [0, 0.05) is 16.8 Å². The second-order valence-corrected chi connectivity index (χ2v) is 6.27. The highest BCUT2D eigenvalue weighted by Gasteiger charge is 2.34. The highest BCUT2D eigenvalue weighted by Crippen LogP contribution is 2.29. The molecule has 3 rings (SSSR count). The van der Waals surface area contributed by atoms with Gasteiger partial charge in [0.25, 0.3) is 5.91 Å². The molecule has 0 atom stereocenters. The van der Waals surface area contributed by atoms with E-state index in [1.165, 1.54) is 4.70 Å². The fourth-order valence-electron chi connectivity index (χ4n) is 2.85. The van der Waals surface area contributed by atoms with Gasteiger partial charge in [0.2, 0.25) is 0 Å². The molecule has 0 saturated heterocycles. The molecule has 0 bridgehead atoms. The van der Waals surface area contributed by atoms with Crippen molar-refractivity contribution in [2.45, 2.75) is 31.2 Å². The van der Waals surface area contributed by atoms with Crippen molar-refractivity contribution in [3.05, 3.63) is 35.2 Å². The molecular weight excluding hydrogens is 292 g/mol. The molecular formula is C15H19ClN2OS. The van der Waals surface area contributed by atoms with Gasteiger partial charge in [-0.2, -0.15) is 0 Å². The van der Waals surface area contributed by atoms with Crippen LogP contribution in [0.25, 0.3) is 10.1 Å². The quantitative estimate of drug-likeness (QED) is 0.913. The molecule has 20 heavy (non-hydrogen) atoms. The van der Waals surface area contributed by atoms with Gasteiger partial charge in [-0.15, -0.1) is 23.7 Å². The summed E-state index contributed by atoms with van der Waals surface area (Å²) in [5, 5.41) is 6.33. The minimum absolute atomic E-state index is 0. The molecule has 5 heteroatoms. The van der Waals surface area contributed by atoms with Crippen molar-refractivity contribution in [1.29, 1.82) is 0 Å². The average molecular weight is 311 g/mol. The Labute approximate surface area is 129 Å². The van der Waals surface area contributed by atoms with Crippen LogP contribution < -0.4 is 11.1 Å². The Balaban J connectivity index is 0.00000147. The Morgan fingerprint density at radius 3 is 2.75 bits per heavy atom. The van der Waals surface area contributed by atoms with Gasteiger partial charge in [-0.1, -0.05) is 12.8 Å². The lowest BCUT2D eigenvalue weighted by atomic mass is 9.97. The number of carbonyl (C=O) groups is 1. The summed E-state index contributed by atoms with van der Waals surface area (Å²) < 4.78 is 1.21. The first-order valence-corrected chi connectivity index (χ1v) is 7.60. The van der Waals surface area contributed by atoms with Gasteiger partial charge in [0.1, 0.15) is 0 Å². The van der Waals surface area contributed by atoms with Crippen LogP contribution in [-0.2, 0) is 0 Å². The van der Waals surface area contributed by atoms with E-state index >= 15 is 0 Å². The maximum Gasteiger partial charge on any atom is 0.251 e. The molecule has 0 aliphatic heterocycles. The molecule has 1 aromatic heterocycles. The SMILES string of the molecule is Cl.NCC1(NC(=O)c2ccc3sccc3c2)CCCC1. The number of fused-ring (bicyclic) bond motifs is 1. The van der Waals surface area contributed by atoms with Crippen LogP contribution in [0.4, 0.5) is 0 Å². The predicted octanol–water partition coefficient (Wildman–Crippen LogP) is 3.32. The molecule has 1 fully saturated rings. The standard InChI is InChI=1S/C15H18N2OS.ClH/c16-10-15(6-1-2-7-15)17-14(18)12-3-4-13-11(9-12)5-8-19-13;/h3-5,8-9H,1-2,6-7,10,16H2,(H,17,18);1H. The van der Waals surface area contributed by atoms with Crippen LogP contribution in [0, 0.1) is 0 Å². The minimum atomic E-state index is -0.180. The van der Waals surface area contributed by atoms with Crippen LogP contribution in [0.15, 0.2) is 29.6 Å². The van der Waals surface area contributed by atoms with Crippen molar-refractivity contribution < 1.29 is 4.79 Å². The molecule has 1 aromatic carbocycles. The zero-order chi connectivity index (χ0) is 13.3. The molecule has 1 heterocycles. The maximum atomic E-state index is 12.4. The average Bonchev–Trinajstić information content (AvgIpc) is 3.06. The topological polar surface area (TPSA) is 55.1 Å². The number of amides is 1. The number of halogens is 1. The monoisotopic (exact) mass is 310 g/mol. The fourth-order valence-corrected chi connectivity index (χ4v) is 3.62. The summed E-state index contributed by atoms with van der Waals surface area (Å²) >= 11 is 1.69. The lowest BCUT2D eigenvalue weighted by molar-refractivity contribution is 0.0903. The van der Waals surface area contributed by atoms with Crippen molar-refractivity contribution in [2.75, 3.05) is 6.54 Å². The van der Waals surface area contributed by atoms with Crippen LogP contribution in [0.1, 0.15) is 36.0 Å².